The first-order chi connectivity index (χ1) is 26.7. The number of aryl methyl sites for hydroxylation is 1. The van der Waals surface area contributed by atoms with Crippen molar-refractivity contribution in [2.75, 3.05) is 26.5 Å². The van der Waals surface area contributed by atoms with E-state index in [0.717, 1.165) is 29.3 Å². The van der Waals surface area contributed by atoms with Crippen LogP contribution in [0.3, 0.4) is 0 Å². The van der Waals surface area contributed by atoms with Crippen LogP contribution in [0, 0.1) is 6.92 Å². The van der Waals surface area contributed by atoms with Crippen LogP contribution in [0.15, 0.2) is 95.2 Å². The van der Waals surface area contributed by atoms with Crippen molar-refractivity contribution in [1.29, 1.82) is 0 Å². The van der Waals surface area contributed by atoms with E-state index in [1.807, 2.05) is 60.7 Å². The zero-order valence-electron chi connectivity index (χ0n) is 31.7. The van der Waals surface area contributed by atoms with E-state index in [4.69, 9.17) is 23.8 Å². The summed E-state index contributed by atoms with van der Waals surface area (Å²) in [5.74, 6) is 0.0335. The van der Waals surface area contributed by atoms with Crippen molar-refractivity contribution in [1.82, 2.24) is 20.4 Å². The van der Waals surface area contributed by atoms with Crippen molar-refractivity contribution >= 4 is 38.4 Å². The maximum atomic E-state index is 14.1. The second kappa shape index (κ2) is 19.1. The van der Waals surface area contributed by atoms with Crippen LogP contribution in [0.2, 0.25) is 25.7 Å². The minimum Gasteiger partial charge on any atom is -0.472 e. The monoisotopic (exact) mass is 813 g/mol. The van der Waals surface area contributed by atoms with E-state index in [-0.39, 0.29) is 60.8 Å². The van der Waals surface area contributed by atoms with E-state index in [1.54, 1.807) is 0 Å². The van der Waals surface area contributed by atoms with Gasteiger partial charge in [-0.3, -0.25) is 9.74 Å². The molecule has 0 spiro atoms. The van der Waals surface area contributed by atoms with Crippen LogP contribution in [0.1, 0.15) is 40.7 Å². The molecule has 0 bridgehead atoms. The van der Waals surface area contributed by atoms with Crippen molar-refractivity contribution in [3.63, 3.8) is 0 Å². The van der Waals surface area contributed by atoms with E-state index in [9.17, 15) is 22.8 Å². The fourth-order valence-electron chi connectivity index (χ4n) is 6.13. The van der Waals surface area contributed by atoms with Gasteiger partial charge >= 0.3 is 18.4 Å². The second-order valence-corrected chi connectivity index (χ2v) is 20.3. The number of amides is 2. The first-order valence-electron chi connectivity index (χ1n) is 18.1. The zero-order chi connectivity index (χ0) is 40.3. The highest BCUT2D eigenvalue weighted by molar-refractivity contribution is 7.47. The average molecular weight is 814 g/mol. The Labute approximate surface area is 330 Å². The highest BCUT2D eigenvalue weighted by Gasteiger charge is 2.39. The van der Waals surface area contributed by atoms with Gasteiger partial charge in [0, 0.05) is 39.5 Å². The number of hydrogen-bond donors (Lipinski definition) is 2. The van der Waals surface area contributed by atoms with E-state index in [2.05, 4.69) is 47.2 Å². The molecule has 3 aromatic rings. The van der Waals surface area contributed by atoms with Crippen molar-refractivity contribution < 1.29 is 46.5 Å². The summed E-state index contributed by atoms with van der Waals surface area (Å²) >= 11 is 4.65. The quantitative estimate of drug-likeness (QED) is 0.0669. The van der Waals surface area contributed by atoms with E-state index in [0.29, 0.717) is 26.0 Å². The minimum absolute atomic E-state index is 0.0405. The molecule has 12 nitrogen and oxygen atoms in total. The minimum atomic E-state index is -4.65. The number of nitrogens with one attached hydrogen (secondary N) is 2. The Morgan fingerprint density at radius 1 is 1.00 bits per heavy atom. The molecule has 5 rings (SSSR count). The lowest BCUT2D eigenvalue weighted by molar-refractivity contribution is -0.137. The molecular weight excluding hydrogens is 768 g/mol. The van der Waals surface area contributed by atoms with Crippen LogP contribution in [-0.4, -0.2) is 62.6 Å². The van der Waals surface area contributed by atoms with Gasteiger partial charge in [-0.1, -0.05) is 80.3 Å². The summed E-state index contributed by atoms with van der Waals surface area (Å²) in [5, 5.41) is 6.30. The van der Waals surface area contributed by atoms with Crippen molar-refractivity contribution in [3.05, 3.63) is 119 Å². The lowest BCUT2D eigenvalue weighted by Gasteiger charge is -2.40. The van der Waals surface area contributed by atoms with Gasteiger partial charge in [-0.05, 0) is 59.2 Å². The van der Waals surface area contributed by atoms with Gasteiger partial charge < -0.3 is 34.5 Å². The van der Waals surface area contributed by atoms with Gasteiger partial charge in [0.25, 0.3) is 0 Å². The van der Waals surface area contributed by atoms with Gasteiger partial charge in [-0.2, -0.15) is 13.2 Å². The summed E-state index contributed by atoms with van der Waals surface area (Å²) in [4.78, 5) is 34.9. The molecule has 56 heavy (non-hydrogen) atoms. The van der Waals surface area contributed by atoms with E-state index in [1.165, 1.54) is 22.9 Å². The van der Waals surface area contributed by atoms with Gasteiger partial charge in [0.1, 0.15) is 19.0 Å². The molecule has 1 unspecified atom stereocenters. The Kier molecular flexibility index (Phi) is 14.4. The number of carbonyl (C=O) groups is 2. The van der Waals surface area contributed by atoms with Crippen LogP contribution in [0.25, 0.3) is 5.70 Å². The smallest absolute Gasteiger partial charge is 0.442 e. The van der Waals surface area contributed by atoms with Crippen LogP contribution in [0.5, 0.6) is 5.75 Å². The number of alkyl halides is 3. The Morgan fingerprint density at radius 3 is 2.32 bits per heavy atom. The zero-order valence-corrected chi connectivity index (χ0v) is 33.5. The summed E-state index contributed by atoms with van der Waals surface area (Å²) in [7, 11) is -1.44. The number of piperidine rings is 1. The molecule has 0 aromatic heterocycles. The molecule has 300 valence electrons. The lowest BCUT2D eigenvalue weighted by atomic mass is 10.00. The fourth-order valence-corrected chi connectivity index (χ4v) is 6.95. The molecule has 1 saturated heterocycles. The fraction of sp³-hybridized carbons (Fsp3) is 0.385. The van der Waals surface area contributed by atoms with Crippen LogP contribution in [-0.2, 0) is 50.9 Å². The number of benzene rings is 3. The standard InChI is InChI=1S/C39H46F3N5O7SSi/c1-27-20-30(39(40,41)42)21-33(53-26-50-18-19-56(2,3)4)34(27)32-22-43-36(51-24-28-12-7-5-8-13-28)35(44-32)47(38(49)54-45-55)31-16-11-17-46(23-31)37(48)52-25-29-14-9-6-10-15-29/h5-10,12-15,20-22,31,43-44H,11,16-19,23-26H2,1-4H3. The molecule has 2 aliphatic rings. The summed E-state index contributed by atoms with van der Waals surface area (Å²) in [6.07, 6.45) is -3.77. The predicted octanol–water partition coefficient (Wildman–Crippen LogP) is 8.42. The number of nitrogens with zero attached hydrogens (tertiary/aromatic N) is 3. The van der Waals surface area contributed by atoms with Crippen molar-refractivity contribution in [2.45, 2.75) is 70.9 Å². The van der Waals surface area contributed by atoms with Gasteiger partial charge in [0.2, 0.25) is 5.88 Å². The first-order valence-corrected chi connectivity index (χ1v) is 22.2. The largest absolute Gasteiger partial charge is 0.472 e. The van der Waals surface area contributed by atoms with E-state index < -0.39 is 38.0 Å². The summed E-state index contributed by atoms with van der Waals surface area (Å²) in [6.45, 7) is 8.75. The van der Waals surface area contributed by atoms with Crippen molar-refractivity contribution in [2.24, 2.45) is 4.53 Å². The maximum absolute atomic E-state index is 14.1. The molecule has 1 atom stereocenters. The number of halogens is 3. The number of ether oxygens (including phenoxy) is 4. The lowest BCUT2D eigenvalue weighted by Crippen LogP contribution is -2.54. The van der Waals surface area contributed by atoms with Crippen molar-refractivity contribution in [3.8, 4) is 5.75 Å². The highest BCUT2D eigenvalue weighted by atomic mass is 32.1. The molecule has 2 amide bonds. The Bertz CT molecular complexity index is 1900. The molecule has 17 heteroatoms. The van der Waals surface area contributed by atoms with Gasteiger partial charge in [-0.15, -0.1) is 0 Å². The van der Waals surface area contributed by atoms with Crippen LogP contribution < -0.4 is 15.4 Å². The number of rotatable bonds is 15. The molecule has 1 fully saturated rings. The average Bonchev–Trinajstić information content (AvgIpc) is 3.16. The summed E-state index contributed by atoms with van der Waals surface area (Å²) in [5.41, 5.74) is 1.48. The third kappa shape index (κ3) is 11.7. The molecule has 0 radical (unpaired) electrons. The third-order valence-corrected chi connectivity index (χ3v) is 10.8. The van der Waals surface area contributed by atoms with Crippen LogP contribution >= 0.6 is 0 Å². The molecule has 0 saturated carbocycles. The number of carbonyl (C=O) groups excluding carboxylic acids is 2. The molecular formula is C39H46F3N5O7SSi. The molecule has 3 aromatic carbocycles. The van der Waals surface area contributed by atoms with E-state index >= 15 is 0 Å². The van der Waals surface area contributed by atoms with Crippen LogP contribution in [0.4, 0.5) is 22.8 Å². The second-order valence-electron chi connectivity index (χ2n) is 14.5. The summed E-state index contributed by atoms with van der Waals surface area (Å²) < 4.78 is 68.8. The predicted molar refractivity (Wildman–Crippen MR) is 208 cm³/mol. The molecule has 2 heterocycles. The van der Waals surface area contributed by atoms with Gasteiger partial charge in [0.05, 0.1) is 29.7 Å². The normalized spacial score (nSPS) is 15.9. The van der Waals surface area contributed by atoms with Gasteiger partial charge in [-0.25, -0.2) is 9.59 Å². The topological polar surface area (TPSA) is 123 Å². The summed E-state index contributed by atoms with van der Waals surface area (Å²) in [6, 6.07) is 20.6. The van der Waals surface area contributed by atoms with Gasteiger partial charge in [0.15, 0.2) is 12.6 Å². The number of hydrogen-bond acceptors (Lipinski definition) is 11. The SMILES string of the molecule is Cc1cc(C(F)(F)F)cc(OCOCC[Si](C)(C)C)c1C1=CNC(OCc2ccccc2)=C(N(C(=O)ON=S)C2CCCN(C(=O)OCc3ccccc3)C2)N1. The Hall–Kier alpha value is -5.13. The third-order valence-electron chi connectivity index (χ3n) is 9.01. The molecule has 0 aliphatic carbocycles. The Morgan fingerprint density at radius 2 is 1.68 bits per heavy atom. The maximum Gasteiger partial charge on any atom is 0.442 e. The molecule has 2 aliphatic heterocycles. The number of likely N-dealkylation sites (tertiary alicyclic amines) is 1. The Balaban J connectivity index is 1.48. The molecule has 2 N–H and O–H groups in total. The first kappa shape index (κ1) is 42.0. The highest BCUT2D eigenvalue weighted by Crippen LogP contribution is 2.39.